The Morgan fingerprint density at radius 2 is 2.07 bits per heavy atom. The Morgan fingerprint density at radius 1 is 1.25 bits per heavy atom. The molecule has 0 unspecified atom stereocenters. The predicted molar refractivity (Wildman–Crippen MR) is 108 cm³/mol. The molecule has 0 amide bonds. The van der Waals surface area contributed by atoms with Crippen molar-refractivity contribution in [2.75, 3.05) is 26.3 Å². The Hall–Kier alpha value is -1.72. The second-order valence-corrected chi connectivity index (χ2v) is 10.0. The van der Waals surface area contributed by atoms with Gasteiger partial charge < -0.3 is 9.15 Å². The number of rotatable bonds is 6. The normalized spacial score (nSPS) is 15.8. The maximum absolute atomic E-state index is 12.6. The van der Waals surface area contributed by atoms with E-state index in [2.05, 4.69) is 9.97 Å². The Kier molecular flexibility index (Phi) is 5.83. The zero-order valence-corrected chi connectivity index (χ0v) is 17.6. The molecule has 4 rings (SSSR count). The summed E-state index contributed by atoms with van der Waals surface area (Å²) in [4.78, 5) is 10.1. The first kappa shape index (κ1) is 19.6. The quantitative estimate of drug-likeness (QED) is 0.546. The molecule has 0 saturated carbocycles. The zero-order chi connectivity index (χ0) is 19.6. The Bertz CT molecular complexity index is 1020. The third-order valence-electron chi connectivity index (χ3n) is 4.30. The predicted octanol–water partition coefficient (Wildman–Crippen LogP) is 3.42. The van der Waals surface area contributed by atoms with Crippen LogP contribution in [0.4, 0.5) is 0 Å². The number of hydrogen-bond donors (Lipinski definition) is 0. The number of pyridine rings is 1. The van der Waals surface area contributed by atoms with Crippen molar-refractivity contribution in [3.8, 4) is 10.8 Å². The van der Waals surface area contributed by atoms with Crippen molar-refractivity contribution in [3.05, 3.63) is 47.3 Å². The number of aromatic nitrogens is 2. The highest BCUT2D eigenvalue weighted by atomic mass is 32.2. The van der Waals surface area contributed by atoms with E-state index in [1.807, 2.05) is 24.4 Å². The first-order valence-electron chi connectivity index (χ1n) is 8.71. The van der Waals surface area contributed by atoms with E-state index in [4.69, 9.17) is 9.15 Å². The summed E-state index contributed by atoms with van der Waals surface area (Å²) in [6, 6.07) is 7.27. The van der Waals surface area contributed by atoms with Crippen molar-refractivity contribution in [2.45, 2.75) is 22.6 Å². The molecule has 148 valence electrons. The fourth-order valence-corrected chi connectivity index (χ4v) is 5.60. The van der Waals surface area contributed by atoms with E-state index >= 15 is 0 Å². The molecule has 1 fully saturated rings. The Balaban J connectivity index is 1.42. The number of sulfonamides is 1. The van der Waals surface area contributed by atoms with Crippen LogP contribution in [-0.2, 0) is 20.5 Å². The van der Waals surface area contributed by atoms with Gasteiger partial charge in [0, 0.05) is 25.0 Å². The minimum absolute atomic E-state index is 0.205. The summed E-state index contributed by atoms with van der Waals surface area (Å²) in [6.45, 7) is 3.48. The maximum atomic E-state index is 12.6. The van der Waals surface area contributed by atoms with Gasteiger partial charge in [-0.1, -0.05) is 17.8 Å². The average molecular weight is 438 g/mol. The van der Waals surface area contributed by atoms with Crippen molar-refractivity contribution in [2.24, 2.45) is 0 Å². The number of oxazole rings is 1. The van der Waals surface area contributed by atoms with Crippen LogP contribution in [0.5, 0.6) is 0 Å². The van der Waals surface area contributed by atoms with Crippen LogP contribution in [0.3, 0.4) is 0 Å². The van der Waals surface area contributed by atoms with Crippen LogP contribution in [0.15, 0.2) is 50.2 Å². The topological polar surface area (TPSA) is 85.5 Å². The molecule has 3 aromatic heterocycles. The summed E-state index contributed by atoms with van der Waals surface area (Å²) in [5, 5.41) is 2.72. The smallest absolute Gasteiger partial charge is 0.244 e. The van der Waals surface area contributed by atoms with E-state index in [0.29, 0.717) is 37.9 Å². The van der Waals surface area contributed by atoms with Crippen molar-refractivity contribution in [1.29, 1.82) is 0 Å². The van der Waals surface area contributed by atoms with Crippen LogP contribution in [-0.4, -0.2) is 49.0 Å². The minimum atomic E-state index is -3.52. The van der Waals surface area contributed by atoms with E-state index < -0.39 is 10.0 Å². The molecule has 0 bridgehead atoms. The van der Waals surface area contributed by atoms with Crippen molar-refractivity contribution < 1.29 is 17.6 Å². The molecule has 1 saturated heterocycles. The van der Waals surface area contributed by atoms with Gasteiger partial charge in [0.2, 0.25) is 15.9 Å². The average Bonchev–Trinajstić information content (AvgIpc) is 3.37. The molecule has 0 N–H and O–H groups in total. The standard InChI is InChI=1S/C18H19N3O4S3/c1-13-15(20-18(25-13)16-3-2-10-26-16)12-27-17-5-4-14(11-19-17)28(22,23)21-6-8-24-9-7-21/h2-5,10-11H,6-9,12H2,1H3. The van der Waals surface area contributed by atoms with E-state index in [1.165, 1.54) is 22.3 Å². The summed E-state index contributed by atoms with van der Waals surface area (Å²) in [6.07, 6.45) is 1.42. The molecule has 7 nitrogen and oxygen atoms in total. The number of nitrogens with zero attached hydrogens (tertiary/aromatic N) is 3. The van der Waals surface area contributed by atoms with Crippen molar-refractivity contribution in [1.82, 2.24) is 14.3 Å². The lowest BCUT2D eigenvalue weighted by Crippen LogP contribution is -2.40. The molecule has 0 radical (unpaired) electrons. The molecular formula is C18H19N3O4S3. The van der Waals surface area contributed by atoms with Crippen LogP contribution < -0.4 is 0 Å². The lowest BCUT2D eigenvalue weighted by molar-refractivity contribution is 0.0730. The molecule has 1 aliphatic heterocycles. The number of thioether (sulfide) groups is 1. The summed E-state index contributed by atoms with van der Waals surface area (Å²) >= 11 is 3.08. The molecule has 3 aromatic rings. The molecule has 0 atom stereocenters. The highest BCUT2D eigenvalue weighted by Gasteiger charge is 2.26. The second-order valence-electron chi connectivity index (χ2n) is 6.14. The third kappa shape index (κ3) is 4.15. The lowest BCUT2D eigenvalue weighted by Gasteiger charge is -2.25. The number of aryl methyl sites for hydroxylation is 1. The molecule has 1 aliphatic rings. The molecule has 0 aliphatic carbocycles. The van der Waals surface area contributed by atoms with E-state index in [0.717, 1.165) is 21.4 Å². The van der Waals surface area contributed by atoms with Gasteiger partial charge in [0.05, 0.1) is 28.8 Å². The van der Waals surface area contributed by atoms with Gasteiger partial charge in [-0.2, -0.15) is 4.31 Å². The monoisotopic (exact) mass is 437 g/mol. The first-order chi connectivity index (χ1) is 13.5. The molecule has 0 aromatic carbocycles. The first-order valence-corrected chi connectivity index (χ1v) is 12.0. The fourth-order valence-electron chi connectivity index (χ4n) is 2.75. The lowest BCUT2D eigenvalue weighted by atomic mass is 10.4. The van der Waals surface area contributed by atoms with E-state index in [-0.39, 0.29) is 4.90 Å². The Labute approximate surface area is 171 Å². The molecule has 10 heteroatoms. The number of morpholine rings is 1. The summed E-state index contributed by atoms with van der Waals surface area (Å²) in [5.41, 5.74) is 0.861. The van der Waals surface area contributed by atoms with Crippen molar-refractivity contribution >= 4 is 33.1 Å². The molecule has 4 heterocycles. The van der Waals surface area contributed by atoms with Crippen LogP contribution >= 0.6 is 23.1 Å². The van der Waals surface area contributed by atoms with Gasteiger partial charge in [0.25, 0.3) is 0 Å². The molecule has 28 heavy (non-hydrogen) atoms. The summed E-state index contributed by atoms with van der Waals surface area (Å²) in [5.74, 6) is 2.01. The van der Waals surface area contributed by atoms with Crippen LogP contribution in [0.1, 0.15) is 11.5 Å². The van der Waals surface area contributed by atoms with E-state index in [1.54, 1.807) is 23.5 Å². The van der Waals surface area contributed by atoms with Gasteiger partial charge in [-0.05, 0) is 30.5 Å². The minimum Gasteiger partial charge on any atom is -0.440 e. The van der Waals surface area contributed by atoms with Gasteiger partial charge in [-0.15, -0.1) is 11.3 Å². The molecule has 0 spiro atoms. The number of hydrogen-bond acceptors (Lipinski definition) is 8. The number of thiophene rings is 1. The van der Waals surface area contributed by atoms with Gasteiger partial charge in [0.1, 0.15) is 10.7 Å². The highest BCUT2D eigenvalue weighted by Crippen LogP contribution is 2.29. The van der Waals surface area contributed by atoms with Crippen LogP contribution in [0.25, 0.3) is 10.8 Å². The molecular weight excluding hydrogens is 418 g/mol. The third-order valence-corrected chi connectivity index (χ3v) is 7.99. The number of ether oxygens (including phenoxy) is 1. The van der Waals surface area contributed by atoms with E-state index in [9.17, 15) is 8.42 Å². The highest BCUT2D eigenvalue weighted by molar-refractivity contribution is 7.98. The second kappa shape index (κ2) is 8.34. The largest absolute Gasteiger partial charge is 0.440 e. The van der Waals surface area contributed by atoms with Gasteiger partial charge in [0.15, 0.2) is 0 Å². The van der Waals surface area contributed by atoms with Crippen LogP contribution in [0, 0.1) is 6.92 Å². The van der Waals surface area contributed by atoms with Crippen molar-refractivity contribution in [3.63, 3.8) is 0 Å². The zero-order valence-electron chi connectivity index (χ0n) is 15.2. The fraction of sp³-hybridized carbons (Fsp3) is 0.333. The van der Waals surface area contributed by atoms with Gasteiger partial charge in [-0.25, -0.2) is 18.4 Å². The van der Waals surface area contributed by atoms with Gasteiger partial charge >= 0.3 is 0 Å². The maximum Gasteiger partial charge on any atom is 0.244 e. The summed E-state index contributed by atoms with van der Waals surface area (Å²) in [7, 11) is -3.52. The SMILES string of the molecule is Cc1oc(-c2cccs2)nc1CSc1ccc(S(=O)(=O)N2CCOCC2)cn1. The Morgan fingerprint density at radius 3 is 2.75 bits per heavy atom. The van der Waals surface area contributed by atoms with Gasteiger partial charge in [-0.3, -0.25) is 0 Å². The summed E-state index contributed by atoms with van der Waals surface area (Å²) < 4.78 is 37.7. The van der Waals surface area contributed by atoms with Crippen LogP contribution in [0.2, 0.25) is 0 Å².